The number of carbonyl (C=O) groups is 1. The van der Waals surface area contributed by atoms with Crippen molar-refractivity contribution in [1.82, 2.24) is 5.32 Å². The van der Waals surface area contributed by atoms with E-state index in [2.05, 4.69) is 21.2 Å². The third-order valence-electron chi connectivity index (χ3n) is 2.01. The molecular formula is C11H11BrCl2N2O2. The molecule has 7 heteroatoms. The molecule has 0 atom stereocenters. The lowest BCUT2D eigenvalue weighted by molar-refractivity contribution is -0.141. The van der Waals surface area contributed by atoms with Gasteiger partial charge in [-0.25, -0.2) is 0 Å². The molecule has 0 saturated carbocycles. The Balaban J connectivity index is 2.71. The first-order chi connectivity index (χ1) is 8.47. The van der Waals surface area contributed by atoms with Crippen molar-refractivity contribution in [3.8, 4) is 0 Å². The molecule has 18 heavy (non-hydrogen) atoms. The number of halogens is 3. The average molecular weight is 354 g/mol. The average Bonchev–Trinajstić information content (AvgIpc) is 2.31. The fourth-order valence-corrected chi connectivity index (χ4v) is 2.17. The number of nitrogens with one attached hydrogen (secondary N) is 2. The Labute approximate surface area is 123 Å². The number of rotatable bonds is 4. The molecule has 4 nitrogen and oxygen atoms in total. The van der Waals surface area contributed by atoms with Gasteiger partial charge in [0.25, 0.3) is 0 Å². The highest BCUT2D eigenvalue weighted by Crippen LogP contribution is 2.32. The van der Waals surface area contributed by atoms with Crippen LogP contribution < -0.4 is 5.32 Å². The van der Waals surface area contributed by atoms with Gasteiger partial charge in [-0.15, -0.1) is 0 Å². The number of carbonyl (C=O) groups excluding carboxylic acids is 1. The normalized spacial score (nSPS) is 17.9. The quantitative estimate of drug-likeness (QED) is 0.763. The second-order valence-electron chi connectivity index (χ2n) is 3.27. The van der Waals surface area contributed by atoms with Gasteiger partial charge >= 0.3 is 5.97 Å². The summed E-state index contributed by atoms with van der Waals surface area (Å²) in [6.45, 7) is 2.07. The molecular weight excluding hydrogens is 343 g/mol. The van der Waals surface area contributed by atoms with E-state index in [9.17, 15) is 4.79 Å². The highest BCUT2D eigenvalue weighted by molar-refractivity contribution is 9.12. The minimum absolute atomic E-state index is 0.0112. The molecule has 98 valence electrons. The summed E-state index contributed by atoms with van der Waals surface area (Å²) in [4.78, 5) is 11.1. The molecule has 1 rings (SSSR count). The molecule has 0 heterocycles. The fourth-order valence-electron chi connectivity index (χ4n) is 1.20. The Morgan fingerprint density at radius 2 is 2.28 bits per heavy atom. The SMILES string of the molecule is CCOC(=O)CN/C=C1\C(=N)C(Cl)=C(Br)C=C1Cl. The van der Waals surface area contributed by atoms with Crippen LogP contribution in [0.15, 0.2) is 32.4 Å². The molecule has 0 spiro atoms. The number of ether oxygens (including phenoxy) is 1. The lowest BCUT2D eigenvalue weighted by Gasteiger charge is -2.14. The van der Waals surface area contributed by atoms with Gasteiger partial charge in [0.1, 0.15) is 6.54 Å². The van der Waals surface area contributed by atoms with E-state index in [1.54, 1.807) is 13.0 Å². The van der Waals surface area contributed by atoms with Crippen LogP contribution in [-0.4, -0.2) is 24.8 Å². The van der Waals surface area contributed by atoms with E-state index >= 15 is 0 Å². The van der Waals surface area contributed by atoms with Crippen molar-refractivity contribution in [2.24, 2.45) is 0 Å². The van der Waals surface area contributed by atoms with Crippen molar-refractivity contribution in [2.75, 3.05) is 13.2 Å². The van der Waals surface area contributed by atoms with Crippen molar-refractivity contribution in [2.45, 2.75) is 6.92 Å². The van der Waals surface area contributed by atoms with Gasteiger partial charge in [-0.3, -0.25) is 10.2 Å². The van der Waals surface area contributed by atoms with Gasteiger partial charge in [-0.1, -0.05) is 23.2 Å². The van der Waals surface area contributed by atoms with Crippen LogP contribution in [0.25, 0.3) is 0 Å². The first kappa shape index (κ1) is 15.3. The van der Waals surface area contributed by atoms with E-state index < -0.39 is 0 Å². The van der Waals surface area contributed by atoms with Crippen molar-refractivity contribution >= 4 is 50.8 Å². The van der Waals surface area contributed by atoms with E-state index in [0.717, 1.165) is 0 Å². The number of allylic oxidation sites excluding steroid dienone is 5. The largest absolute Gasteiger partial charge is 0.465 e. The molecule has 0 aromatic heterocycles. The summed E-state index contributed by atoms with van der Waals surface area (Å²) in [7, 11) is 0. The van der Waals surface area contributed by atoms with Gasteiger partial charge in [-0.2, -0.15) is 0 Å². The highest BCUT2D eigenvalue weighted by Gasteiger charge is 2.20. The molecule has 0 bridgehead atoms. The second-order valence-corrected chi connectivity index (χ2v) is 4.91. The number of hydrogen-bond donors (Lipinski definition) is 2. The summed E-state index contributed by atoms with van der Waals surface area (Å²) in [5, 5.41) is 11.2. The van der Waals surface area contributed by atoms with Crippen LogP contribution in [0.2, 0.25) is 0 Å². The first-order valence-electron chi connectivity index (χ1n) is 5.08. The second kappa shape index (κ2) is 6.97. The molecule has 1 aliphatic rings. The maximum absolute atomic E-state index is 11.1. The monoisotopic (exact) mass is 352 g/mol. The molecule has 0 aromatic rings. The molecule has 2 N–H and O–H groups in total. The van der Waals surface area contributed by atoms with Crippen molar-refractivity contribution in [3.63, 3.8) is 0 Å². The van der Waals surface area contributed by atoms with E-state index in [4.69, 9.17) is 33.3 Å². The van der Waals surface area contributed by atoms with Crippen LogP contribution in [0, 0.1) is 5.41 Å². The zero-order chi connectivity index (χ0) is 13.7. The van der Waals surface area contributed by atoms with Gasteiger partial charge in [0.2, 0.25) is 0 Å². The summed E-state index contributed by atoms with van der Waals surface area (Å²) in [6, 6.07) is 0. The van der Waals surface area contributed by atoms with Gasteiger partial charge in [-0.05, 0) is 28.9 Å². The predicted molar refractivity (Wildman–Crippen MR) is 76.2 cm³/mol. The Morgan fingerprint density at radius 1 is 1.61 bits per heavy atom. The summed E-state index contributed by atoms with van der Waals surface area (Å²) < 4.78 is 5.31. The lowest BCUT2D eigenvalue weighted by atomic mass is 10.1. The summed E-state index contributed by atoms with van der Waals surface area (Å²) >= 11 is 15.1. The Kier molecular flexibility index (Phi) is 5.91. The summed E-state index contributed by atoms with van der Waals surface area (Å²) in [5.41, 5.74) is 0.515. The van der Waals surface area contributed by atoms with Crippen LogP contribution in [0.4, 0.5) is 0 Å². The molecule has 0 amide bonds. The molecule has 0 fully saturated rings. The maximum Gasteiger partial charge on any atom is 0.325 e. The maximum atomic E-state index is 11.1. The fraction of sp³-hybridized carbons (Fsp3) is 0.273. The smallest absolute Gasteiger partial charge is 0.325 e. The van der Waals surface area contributed by atoms with Crippen molar-refractivity contribution < 1.29 is 9.53 Å². The van der Waals surface area contributed by atoms with Gasteiger partial charge < -0.3 is 10.1 Å². The van der Waals surface area contributed by atoms with Crippen LogP contribution in [-0.2, 0) is 9.53 Å². The third-order valence-corrected chi connectivity index (χ3v) is 3.57. The van der Waals surface area contributed by atoms with Crippen LogP contribution in [0.3, 0.4) is 0 Å². The molecule has 0 aromatic carbocycles. The lowest BCUT2D eigenvalue weighted by Crippen LogP contribution is -2.22. The zero-order valence-corrected chi connectivity index (χ0v) is 12.6. The first-order valence-corrected chi connectivity index (χ1v) is 6.63. The third kappa shape index (κ3) is 3.86. The van der Waals surface area contributed by atoms with Gasteiger partial charge in [0, 0.05) is 16.3 Å². The van der Waals surface area contributed by atoms with Crippen LogP contribution in [0.5, 0.6) is 0 Å². The Bertz CT molecular complexity index is 466. The molecule has 0 radical (unpaired) electrons. The van der Waals surface area contributed by atoms with Gasteiger partial charge in [0.15, 0.2) is 0 Å². The minimum Gasteiger partial charge on any atom is -0.465 e. The Hall–Kier alpha value is -0.780. The van der Waals surface area contributed by atoms with Crippen LogP contribution in [0.1, 0.15) is 6.92 Å². The van der Waals surface area contributed by atoms with Crippen molar-refractivity contribution in [3.05, 3.63) is 32.4 Å². The molecule has 0 saturated heterocycles. The van der Waals surface area contributed by atoms with Crippen molar-refractivity contribution in [1.29, 1.82) is 5.41 Å². The molecule has 0 aliphatic heterocycles. The molecule has 1 aliphatic carbocycles. The van der Waals surface area contributed by atoms with Crippen LogP contribution >= 0.6 is 39.1 Å². The summed E-state index contributed by atoms with van der Waals surface area (Å²) in [6.07, 6.45) is 3.07. The number of esters is 1. The predicted octanol–water partition coefficient (Wildman–Crippen LogP) is 3.02. The summed E-state index contributed by atoms with van der Waals surface area (Å²) in [5.74, 6) is -0.375. The van der Waals surface area contributed by atoms with E-state index in [-0.39, 0.29) is 23.3 Å². The highest BCUT2D eigenvalue weighted by atomic mass is 79.9. The number of hydrogen-bond acceptors (Lipinski definition) is 4. The van der Waals surface area contributed by atoms with E-state index in [1.807, 2.05) is 0 Å². The standard InChI is InChI=1S/C11H11BrCl2N2O2/c1-2-18-9(17)5-16-4-6-8(13)3-7(12)10(14)11(6)15/h3-4,15-16H,2,5H2,1H3/b6-4-,15-11?. The van der Waals surface area contributed by atoms with Gasteiger partial charge in [0.05, 0.1) is 22.4 Å². The minimum atomic E-state index is -0.375. The van der Waals surface area contributed by atoms with E-state index in [1.165, 1.54) is 6.20 Å². The molecule has 0 unspecified atom stereocenters. The van der Waals surface area contributed by atoms with E-state index in [0.29, 0.717) is 21.7 Å². The Morgan fingerprint density at radius 3 is 2.89 bits per heavy atom. The zero-order valence-electron chi connectivity index (χ0n) is 9.52. The topological polar surface area (TPSA) is 62.2 Å².